The summed E-state index contributed by atoms with van der Waals surface area (Å²) in [5, 5.41) is 12.2. The van der Waals surface area contributed by atoms with Crippen molar-refractivity contribution in [2.24, 2.45) is 7.05 Å². The smallest absolute Gasteiger partial charge is 0.408 e. The molecule has 0 saturated carbocycles. The Bertz CT molecular complexity index is 1030. The Balaban J connectivity index is 1.63. The third-order valence-corrected chi connectivity index (χ3v) is 4.86. The van der Waals surface area contributed by atoms with Gasteiger partial charge < -0.3 is 19.9 Å². The number of ether oxygens (including phenoxy) is 1. The number of hydrogen-bond acceptors (Lipinski definition) is 5. The van der Waals surface area contributed by atoms with E-state index in [1.54, 1.807) is 11.6 Å². The summed E-state index contributed by atoms with van der Waals surface area (Å²) < 4.78 is 7.40. The number of H-pyrrole nitrogens is 1. The maximum absolute atomic E-state index is 12.8. The van der Waals surface area contributed by atoms with Crippen LogP contribution >= 0.6 is 12.2 Å². The Morgan fingerprint density at radius 3 is 2.33 bits per heavy atom. The van der Waals surface area contributed by atoms with Crippen LogP contribution in [0.2, 0.25) is 0 Å². The molecule has 0 saturated heterocycles. The van der Waals surface area contributed by atoms with E-state index in [4.69, 9.17) is 17.0 Å². The second kappa shape index (κ2) is 10.4. The zero-order valence-corrected chi connectivity index (χ0v) is 17.3. The van der Waals surface area contributed by atoms with Gasteiger partial charge in [0.25, 0.3) is 0 Å². The molecule has 2 amide bonds. The molecule has 3 rings (SSSR count). The van der Waals surface area contributed by atoms with E-state index in [0.29, 0.717) is 17.0 Å². The third-order valence-electron chi connectivity index (χ3n) is 4.50. The molecule has 1 atom stereocenters. The molecule has 0 aliphatic carbocycles. The predicted molar refractivity (Wildman–Crippen MR) is 114 cm³/mol. The van der Waals surface area contributed by atoms with E-state index in [-0.39, 0.29) is 19.1 Å². The average molecular weight is 426 g/mol. The Morgan fingerprint density at radius 1 is 1.10 bits per heavy atom. The van der Waals surface area contributed by atoms with Crippen LogP contribution in [0, 0.1) is 4.77 Å². The largest absolute Gasteiger partial charge is 0.445 e. The number of aromatic amines is 1. The minimum Gasteiger partial charge on any atom is -0.445 e. The van der Waals surface area contributed by atoms with Crippen molar-refractivity contribution >= 4 is 24.2 Å². The highest BCUT2D eigenvalue weighted by molar-refractivity contribution is 7.71. The first-order valence-corrected chi connectivity index (χ1v) is 9.83. The van der Waals surface area contributed by atoms with Crippen molar-refractivity contribution in [3.8, 4) is 0 Å². The van der Waals surface area contributed by atoms with Gasteiger partial charge in [0.2, 0.25) is 5.91 Å². The summed E-state index contributed by atoms with van der Waals surface area (Å²) in [5.74, 6) is 0.239. The number of nitrogens with zero attached hydrogens (tertiary/aromatic N) is 2. The lowest BCUT2D eigenvalue weighted by atomic mass is 10.1. The summed E-state index contributed by atoms with van der Waals surface area (Å²) in [6.07, 6.45) is -0.334. The van der Waals surface area contributed by atoms with Crippen LogP contribution in [0.25, 0.3) is 0 Å². The molecular weight excluding hydrogens is 402 g/mol. The second-order valence-electron chi connectivity index (χ2n) is 6.67. The molecule has 3 aromatic rings. The Hall–Kier alpha value is -3.46. The number of carbonyl (C=O) groups excluding carboxylic acids is 2. The normalized spacial score (nSPS) is 11.5. The van der Waals surface area contributed by atoms with Gasteiger partial charge in [-0.25, -0.2) is 4.79 Å². The number of benzene rings is 2. The predicted octanol–water partition coefficient (Wildman–Crippen LogP) is 2.63. The molecule has 9 heteroatoms. The second-order valence-corrected chi connectivity index (χ2v) is 7.06. The third kappa shape index (κ3) is 6.02. The van der Waals surface area contributed by atoms with Gasteiger partial charge in [-0.15, -0.1) is 0 Å². The van der Waals surface area contributed by atoms with Crippen LogP contribution in [0.5, 0.6) is 0 Å². The first kappa shape index (κ1) is 21.3. The Labute approximate surface area is 179 Å². The summed E-state index contributed by atoms with van der Waals surface area (Å²) in [7, 11) is 1.76. The van der Waals surface area contributed by atoms with E-state index in [1.807, 2.05) is 60.7 Å². The molecule has 0 spiro atoms. The van der Waals surface area contributed by atoms with E-state index in [0.717, 1.165) is 11.1 Å². The zero-order chi connectivity index (χ0) is 21.3. The van der Waals surface area contributed by atoms with E-state index in [1.165, 1.54) is 0 Å². The van der Waals surface area contributed by atoms with Crippen LogP contribution in [0.15, 0.2) is 60.7 Å². The molecule has 0 fully saturated rings. The minimum atomic E-state index is -0.803. The van der Waals surface area contributed by atoms with E-state index in [9.17, 15) is 9.59 Å². The fraction of sp³-hybridized carbons (Fsp3) is 0.238. The van der Waals surface area contributed by atoms with Crippen LogP contribution in [-0.4, -0.2) is 32.8 Å². The molecule has 1 aromatic heterocycles. The van der Waals surface area contributed by atoms with Crippen molar-refractivity contribution in [1.82, 2.24) is 25.4 Å². The molecule has 0 bridgehead atoms. The van der Waals surface area contributed by atoms with E-state index in [2.05, 4.69) is 20.8 Å². The number of amides is 2. The lowest BCUT2D eigenvalue weighted by molar-refractivity contribution is -0.123. The number of hydrogen-bond donors (Lipinski definition) is 3. The summed E-state index contributed by atoms with van der Waals surface area (Å²) in [4.78, 5) is 25.1. The van der Waals surface area contributed by atoms with Gasteiger partial charge in [0, 0.05) is 13.5 Å². The van der Waals surface area contributed by atoms with Gasteiger partial charge in [-0.05, 0) is 23.3 Å². The van der Waals surface area contributed by atoms with Crippen LogP contribution in [0.4, 0.5) is 4.79 Å². The van der Waals surface area contributed by atoms with Gasteiger partial charge in [-0.2, -0.15) is 5.10 Å². The Kier molecular flexibility index (Phi) is 7.34. The number of aromatic nitrogens is 3. The van der Waals surface area contributed by atoms with Crippen molar-refractivity contribution in [2.45, 2.75) is 25.6 Å². The molecule has 0 aliphatic heterocycles. The minimum absolute atomic E-state index is 0.122. The van der Waals surface area contributed by atoms with Gasteiger partial charge in [0.15, 0.2) is 10.6 Å². The molecule has 1 unspecified atom stereocenters. The molecule has 8 nitrogen and oxygen atoms in total. The topological polar surface area (TPSA) is 101 Å². The standard InChI is InChI=1S/C21H23N5O3S/c1-26-18(24-25-20(26)30)13-22-19(27)17(12-15-8-4-2-5-9-15)23-21(28)29-14-16-10-6-3-7-11-16/h2-11,17H,12-14H2,1H3,(H,22,27)(H,23,28)(H,25,30). The molecule has 156 valence electrons. The lowest BCUT2D eigenvalue weighted by Crippen LogP contribution is -2.48. The van der Waals surface area contributed by atoms with Crippen molar-refractivity contribution in [3.63, 3.8) is 0 Å². The SMILES string of the molecule is Cn1c(CNC(=O)C(Cc2ccccc2)NC(=O)OCc2ccccc2)n[nH]c1=S. The summed E-state index contributed by atoms with van der Waals surface area (Å²) >= 11 is 5.08. The maximum atomic E-state index is 12.8. The molecule has 0 aliphatic rings. The maximum Gasteiger partial charge on any atom is 0.408 e. The molecule has 1 heterocycles. The first-order chi connectivity index (χ1) is 14.5. The fourth-order valence-corrected chi connectivity index (χ4v) is 2.94. The number of carbonyl (C=O) groups is 2. The molecule has 0 radical (unpaired) electrons. The number of alkyl carbamates (subject to hydrolysis) is 1. The van der Waals surface area contributed by atoms with E-state index >= 15 is 0 Å². The highest BCUT2D eigenvalue weighted by atomic mass is 32.1. The van der Waals surface area contributed by atoms with Crippen molar-refractivity contribution < 1.29 is 14.3 Å². The monoisotopic (exact) mass is 425 g/mol. The van der Waals surface area contributed by atoms with Crippen molar-refractivity contribution in [1.29, 1.82) is 0 Å². The van der Waals surface area contributed by atoms with Crippen molar-refractivity contribution in [2.75, 3.05) is 0 Å². The molecular formula is C21H23N5O3S. The average Bonchev–Trinajstić information content (AvgIpc) is 3.09. The summed E-state index contributed by atoms with van der Waals surface area (Å²) in [6.45, 7) is 0.297. The zero-order valence-electron chi connectivity index (χ0n) is 16.5. The molecule has 30 heavy (non-hydrogen) atoms. The van der Waals surface area contributed by atoms with Gasteiger partial charge in [0.05, 0.1) is 6.54 Å². The Morgan fingerprint density at radius 2 is 1.73 bits per heavy atom. The number of nitrogens with one attached hydrogen (secondary N) is 3. The highest BCUT2D eigenvalue weighted by Crippen LogP contribution is 2.06. The van der Waals surface area contributed by atoms with Crippen LogP contribution in [-0.2, 0) is 36.2 Å². The fourth-order valence-electron chi connectivity index (χ4n) is 2.79. The van der Waals surface area contributed by atoms with Gasteiger partial charge in [-0.3, -0.25) is 9.89 Å². The highest BCUT2D eigenvalue weighted by Gasteiger charge is 2.22. The van der Waals surface area contributed by atoms with Gasteiger partial charge >= 0.3 is 6.09 Å². The van der Waals surface area contributed by atoms with Gasteiger partial charge in [0.1, 0.15) is 12.6 Å². The summed E-state index contributed by atoms with van der Waals surface area (Å²) in [6, 6.07) is 18.0. The molecule has 3 N–H and O–H groups in total. The molecule has 2 aromatic carbocycles. The quantitative estimate of drug-likeness (QED) is 0.482. The van der Waals surface area contributed by atoms with Crippen LogP contribution in [0.1, 0.15) is 17.0 Å². The van der Waals surface area contributed by atoms with Gasteiger partial charge in [-0.1, -0.05) is 60.7 Å². The van der Waals surface area contributed by atoms with Crippen LogP contribution in [0.3, 0.4) is 0 Å². The van der Waals surface area contributed by atoms with Crippen molar-refractivity contribution in [3.05, 3.63) is 82.4 Å². The summed E-state index contributed by atoms with van der Waals surface area (Å²) in [5.41, 5.74) is 1.78. The van der Waals surface area contributed by atoms with Crippen LogP contribution < -0.4 is 10.6 Å². The number of rotatable bonds is 8. The van der Waals surface area contributed by atoms with E-state index < -0.39 is 12.1 Å². The first-order valence-electron chi connectivity index (χ1n) is 9.42. The lowest BCUT2D eigenvalue weighted by Gasteiger charge is -2.18.